The van der Waals surface area contributed by atoms with E-state index in [2.05, 4.69) is 6.08 Å². The van der Waals surface area contributed by atoms with Crippen LogP contribution < -0.4 is 0 Å². The van der Waals surface area contributed by atoms with Gasteiger partial charge < -0.3 is 14.2 Å². The van der Waals surface area contributed by atoms with Crippen molar-refractivity contribution in [2.24, 2.45) is 0 Å². The summed E-state index contributed by atoms with van der Waals surface area (Å²) in [7, 11) is 0. The minimum absolute atomic E-state index is 0.161. The first-order chi connectivity index (χ1) is 17.0. The molecule has 1 unspecified atom stereocenters. The molecule has 0 N–H and O–H groups in total. The van der Waals surface area contributed by atoms with Crippen molar-refractivity contribution in [3.63, 3.8) is 0 Å². The topological polar surface area (TPSA) is 31.0 Å². The van der Waals surface area contributed by atoms with Crippen LogP contribution in [-0.2, 0) is 14.2 Å². The molecule has 3 aromatic carbocycles. The van der Waals surface area contributed by atoms with Crippen LogP contribution in [0.4, 0.5) is 13.2 Å². The van der Waals surface area contributed by atoms with E-state index in [-0.39, 0.29) is 35.3 Å². The van der Waals surface area contributed by atoms with E-state index in [0.717, 1.165) is 18.4 Å². The maximum atomic E-state index is 15.0. The zero-order chi connectivity index (χ0) is 24.4. The van der Waals surface area contributed by atoms with Gasteiger partial charge in [-0.3, -0.25) is 0 Å². The molecule has 0 aliphatic carbocycles. The molecular weight excluding hydrogens is 453 g/mol. The Morgan fingerprint density at radius 3 is 2.09 bits per heavy atom. The van der Waals surface area contributed by atoms with Crippen molar-refractivity contribution >= 4 is 0 Å². The van der Waals surface area contributed by atoms with Crippen LogP contribution in [0.15, 0.2) is 66.7 Å². The maximum absolute atomic E-state index is 15.0. The SMILES string of the molecule is C/C=C/CCC1OCC(c2ccc(-c3ccc(-c4ccc(C5CO5)c(F)c4F)cc3)cc2F)CO1. The first-order valence-corrected chi connectivity index (χ1v) is 11.9. The van der Waals surface area contributed by atoms with E-state index in [4.69, 9.17) is 14.2 Å². The Hall–Kier alpha value is -2.93. The third-order valence-electron chi connectivity index (χ3n) is 6.53. The molecule has 2 fully saturated rings. The van der Waals surface area contributed by atoms with Crippen LogP contribution in [0.2, 0.25) is 0 Å². The Morgan fingerprint density at radius 1 is 0.771 bits per heavy atom. The monoisotopic (exact) mass is 480 g/mol. The lowest BCUT2D eigenvalue weighted by molar-refractivity contribution is -0.189. The molecule has 2 saturated heterocycles. The summed E-state index contributed by atoms with van der Waals surface area (Å²) >= 11 is 0. The van der Waals surface area contributed by atoms with E-state index in [0.29, 0.717) is 36.5 Å². The van der Waals surface area contributed by atoms with Gasteiger partial charge in [0.05, 0.1) is 19.8 Å². The molecule has 0 spiro atoms. The molecule has 182 valence electrons. The van der Waals surface area contributed by atoms with Crippen LogP contribution >= 0.6 is 0 Å². The Balaban J connectivity index is 1.27. The smallest absolute Gasteiger partial charge is 0.167 e. The lowest BCUT2D eigenvalue weighted by atomic mass is 9.94. The number of allylic oxidation sites excluding steroid dienone is 2. The Labute approximate surface area is 203 Å². The third-order valence-corrected chi connectivity index (χ3v) is 6.53. The third kappa shape index (κ3) is 5.20. The summed E-state index contributed by atoms with van der Waals surface area (Å²) in [6.07, 6.45) is 5.13. The molecule has 0 amide bonds. The first-order valence-electron chi connectivity index (χ1n) is 11.9. The number of rotatable bonds is 7. The van der Waals surface area contributed by atoms with E-state index in [1.54, 1.807) is 42.5 Å². The van der Waals surface area contributed by atoms with E-state index in [1.165, 1.54) is 6.07 Å². The summed E-state index contributed by atoms with van der Waals surface area (Å²) in [5.74, 6) is -2.23. The number of hydrogen-bond acceptors (Lipinski definition) is 3. The highest BCUT2D eigenvalue weighted by Crippen LogP contribution is 2.36. The fraction of sp³-hybridized carbons (Fsp3) is 0.310. The first kappa shape index (κ1) is 23.8. The van der Waals surface area contributed by atoms with Gasteiger partial charge in [0.2, 0.25) is 0 Å². The van der Waals surface area contributed by atoms with Crippen molar-refractivity contribution in [1.82, 2.24) is 0 Å². The summed E-state index contributed by atoms with van der Waals surface area (Å²) in [5, 5.41) is 0. The van der Waals surface area contributed by atoms with Gasteiger partial charge in [0.15, 0.2) is 17.9 Å². The highest BCUT2D eigenvalue weighted by molar-refractivity contribution is 5.71. The van der Waals surface area contributed by atoms with Gasteiger partial charge in [-0.15, -0.1) is 0 Å². The molecule has 5 rings (SSSR count). The Bertz CT molecular complexity index is 1210. The fourth-order valence-electron chi connectivity index (χ4n) is 4.43. The summed E-state index contributed by atoms with van der Waals surface area (Å²) < 4.78 is 60.6. The van der Waals surface area contributed by atoms with Gasteiger partial charge in [-0.1, -0.05) is 60.7 Å². The molecule has 3 nitrogen and oxygen atoms in total. The zero-order valence-corrected chi connectivity index (χ0v) is 19.5. The molecule has 0 aromatic heterocycles. The average molecular weight is 481 g/mol. The van der Waals surface area contributed by atoms with Gasteiger partial charge in [-0.25, -0.2) is 13.2 Å². The number of benzene rings is 3. The highest BCUT2D eigenvalue weighted by atomic mass is 19.2. The lowest BCUT2D eigenvalue weighted by Crippen LogP contribution is -2.31. The highest BCUT2D eigenvalue weighted by Gasteiger charge is 2.30. The number of epoxide rings is 1. The van der Waals surface area contributed by atoms with Gasteiger partial charge in [0, 0.05) is 23.5 Å². The molecule has 0 saturated carbocycles. The second kappa shape index (κ2) is 10.4. The molecule has 2 aliphatic heterocycles. The molecule has 0 radical (unpaired) electrons. The molecule has 0 bridgehead atoms. The normalized spacial score (nSPS) is 22.0. The summed E-state index contributed by atoms with van der Waals surface area (Å²) in [6, 6.07) is 15.2. The second-order valence-electron chi connectivity index (χ2n) is 8.91. The molecule has 6 heteroatoms. The minimum atomic E-state index is -0.887. The van der Waals surface area contributed by atoms with E-state index < -0.39 is 11.6 Å². The van der Waals surface area contributed by atoms with Crippen LogP contribution in [-0.4, -0.2) is 26.1 Å². The summed E-state index contributed by atoms with van der Waals surface area (Å²) in [5.41, 5.74) is 3.02. The second-order valence-corrected chi connectivity index (χ2v) is 8.91. The standard InChI is InChI=1S/C29H27F3O3/c1-2-3-4-5-27-34-15-21(16-35-27)22-11-10-20(14-25(22)30)18-6-8-19(9-7-18)23-12-13-24(26-17-33-26)29(32)28(23)31/h2-3,6-14,21,26-27H,4-5,15-17H2,1H3/b3-2+. The summed E-state index contributed by atoms with van der Waals surface area (Å²) in [6.45, 7) is 3.22. The van der Waals surface area contributed by atoms with Crippen molar-refractivity contribution in [1.29, 1.82) is 0 Å². The Morgan fingerprint density at radius 2 is 1.43 bits per heavy atom. The van der Waals surface area contributed by atoms with Gasteiger partial charge in [-0.05, 0) is 41.7 Å². The molecule has 3 aromatic rings. The Kier molecular flexibility index (Phi) is 7.04. The van der Waals surface area contributed by atoms with Crippen molar-refractivity contribution in [3.8, 4) is 22.3 Å². The van der Waals surface area contributed by atoms with Gasteiger partial charge in [-0.2, -0.15) is 0 Å². The summed E-state index contributed by atoms with van der Waals surface area (Å²) in [4.78, 5) is 0. The fourth-order valence-corrected chi connectivity index (χ4v) is 4.43. The van der Waals surface area contributed by atoms with Crippen molar-refractivity contribution < 1.29 is 27.4 Å². The molecule has 2 aliphatic rings. The molecule has 1 atom stereocenters. The van der Waals surface area contributed by atoms with Crippen molar-refractivity contribution in [2.75, 3.05) is 19.8 Å². The van der Waals surface area contributed by atoms with E-state index >= 15 is 0 Å². The molecule has 2 heterocycles. The number of hydrogen-bond donors (Lipinski definition) is 0. The largest absolute Gasteiger partial charge is 0.368 e. The van der Waals surface area contributed by atoms with Crippen LogP contribution in [0, 0.1) is 17.5 Å². The van der Waals surface area contributed by atoms with Crippen LogP contribution in [0.25, 0.3) is 22.3 Å². The van der Waals surface area contributed by atoms with E-state index in [1.807, 2.05) is 19.1 Å². The van der Waals surface area contributed by atoms with Crippen LogP contribution in [0.3, 0.4) is 0 Å². The van der Waals surface area contributed by atoms with Crippen LogP contribution in [0.1, 0.15) is 42.9 Å². The predicted molar refractivity (Wildman–Crippen MR) is 128 cm³/mol. The molecular formula is C29H27F3O3. The maximum Gasteiger partial charge on any atom is 0.167 e. The van der Waals surface area contributed by atoms with Gasteiger partial charge >= 0.3 is 0 Å². The predicted octanol–water partition coefficient (Wildman–Crippen LogP) is 7.32. The number of halogens is 3. The number of ether oxygens (including phenoxy) is 3. The molecule has 35 heavy (non-hydrogen) atoms. The lowest BCUT2D eigenvalue weighted by Gasteiger charge is -2.29. The van der Waals surface area contributed by atoms with Crippen LogP contribution in [0.5, 0.6) is 0 Å². The van der Waals surface area contributed by atoms with Crippen molar-refractivity contribution in [2.45, 2.75) is 38.1 Å². The minimum Gasteiger partial charge on any atom is -0.368 e. The van der Waals surface area contributed by atoms with E-state index in [9.17, 15) is 13.2 Å². The zero-order valence-electron chi connectivity index (χ0n) is 19.5. The van der Waals surface area contributed by atoms with Gasteiger partial charge in [0.25, 0.3) is 0 Å². The quantitative estimate of drug-likeness (QED) is 0.262. The van der Waals surface area contributed by atoms with Crippen molar-refractivity contribution in [3.05, 3.63) is 95.3 Å². The van der Waals surface area contributed by atoms with Gasteiger partial charge in [0.1, 0.15) is 11.9 Å². The average Bonchev–Trinajstić information content (AvgIpc) is 3.72.